The summed E-state index contributed by atoms with van der Waals surface area (Å²) in [4.78, 5) is 33.0. The molecule has 3 N–H and O–H groups in total. The smallest absolute Gasteiger partial charge is 0.307 e. The molecule has 0 bridgehead atoms. The highest BCUT2D eigenvalue weighted by Gasteiger charge is 2.39. The zero-order valence-electron chi connectivity index (χ0n) is 14.5. The standard InChI is InChI=1S/C19H23O6P/c1-2-17(16(19(22)23)9-10-18(20)21)26(24,25)12-13-7-8-14-5-3-4-6-15(14)11-13/h3-8,11,16-17H,2,9-10,12H2,1H3,(H,20,21)(H,22,23)(H,24,25). The monoisotopic (exact) mass is 378 g/mol. The summed E-state index contributed by atoms with van der Waals surface area (Å²) in [5.74, 6) is -3.51. The summed E-state index contributed by atoms with van der Waals surface area (Å²) >= 11 is 0. The summed E-state index contributed by atoms with van der Waals surface area (Å²) in [7, 11) is -3.85. The lowest BCUT2D eigenvalue weighted by Crippen LogP contribution is -2.29. The molecule has 0 saturated carbocycles. The van der Waals surface area contributed by atoms with Crippen molar-refractivity contribution in [2.24, 2.45) is 5.92 Å². The summed E-state index contributed by atoms with van der Waals surface area (Å²) < 4.78 is 13.0. The molecule has 7 heteroatoms. The Morgan fingerprint density at radius 3 is 2.31 bits per heavy atom. The van der Waals surface area contributed by atoms with Crippen molar-refractivity contribution in [1.29, 1.82) is 0 Å². The quantitative estimate of drug-likeness (QED) is 0.570. The van der Waals surface area contributed by atoms with Crippen molar-refractivity contribution in [2.75, 3.05) is 0 Å². The molecule has 0 spiro atoms. The van der Waals surface area contributed by atoms with Crippen LogP contribution in [0.5, 0.6) is 0 Å². The molecule has 0 saturated heterocycles. The third-order valence-corrected chi connectivity index (χ3v) is 7.19. The van der Waals surface area contributed by atoms with Crippen molar-refractivity contribution in [1.82, 2.24) is 0 Å². The second kappa shape index (κ2) is 8.47. The average molecular weight is 378 g/mol. The number of carboxylic acid groups (broad SMARTS) is 2. The normalized spacial score (nSPS) is 15.9. The van der Waals surface area contributed by atoms with Gasteiger partial charge in [0.1, 0.15) is 0 Å². The van der Waals surface area contributed by atoms with Gasteiger partial charge in [0.25, 0.3) is 0 Å². The molecule has 140 valence electrons. The van der Waals surface area contributed by atoms with Gasteiger partial charge < -0.3 is 15.1 Å². The Balaban J connectivity index is 2.26. The van der Waals surface area contributed by atoms with Crippen LogP contribution in [0.25, 0.3) is 10.8 Å². The third kappa shape index (κ3) is 4.93. The van der Waals surface area contributed by atoms with Crippen molar-refractivity contribution in [2.45, 2.75) is 38.0 Å². The number of hydrogen-bond acceptors (Lipinski definition) is 3. The SMILES string of the molecule is CCC(C(CCC(=O)O)C(=O)O)P(=O)(O)Cc1ccc2ccccc2c1. The van der Waals surface area contributed by atoms with E-state index >= 15 is 0 Å². The molecule has 0 aliphatic heterocycles. The van der Waals surface area contributed by atoms with E-state index in [4.69, 9.17) is 5.11 Å². The maximum atomic E-state index is 13.0. The van der Waals surface area contributed by atoms with E-state index in [0.29, 0.717) is 5.56 Å². The second-order valence-corrected chi connectivity index (χ2v) is 8.94. The van der Waals surface area contributed by atoms with Gasteiger partial charge in [0.05, 0.1) is 5.92 Å². The van der Waals surface area contributed by atoms with Crippen LogP contribution in [0.1, 0.15) is 31.7 Å². The average Bonchev–Trinajstić information content (AvgIpc) is 2.57. The predicted molar refractivity (Wildman–Crippen MR) is 99.6 cm³/mol. The number of benzene rings is 2. The summed E-state index contributed by atoms with van der Waals surface area (Å²) in [6, 6.07) is 13.1. The highest BCUT2D eigenvalue weighted by molar-refractivity contribution is 7.58. The largest absolute Gasteiger partial charge is 0.481 e. The van der Waals surface area contributed by atoms with Gasteiger partial charge in [0.15, 0.2) is 0 Å². The fourth-order valence-electron chi connectivity index (χ4n) is 3.33. The van der Waals surface area contributed by atoms with Crippen LogP contribution in [0.3, 0.4) is 0 Å². The fourth-order valence-corrected chi connectivity index (χ4v) is 5.69. The number of hydrogen-bond donors (Lipinski definition) is 3. The van der Waals surface area contributed by atoms with Crippen LogP contribution in [0.2, 0.25) is 0 Å². The van der Waals surface area contributed by atoms with E-state index in [1.54, 1.807) is 13.0 Å². The lowest BCUT2D eigenvalue weighted by Gasteiger charge is -2.27. The van der Waals surface area contributed by atoms with Crippen LogP contribution in [0.4, 0.5) is 0 Å². The maximum Gasteiger partial charge on any atom is 0.307 e. The summed E-state index contributed by atoms with van der Waals surface area (Å²) in [6.45, 7) is 1.66. The third-order valence-electron chi connectivity index (χ3n) is 4.61. The fraction of sp³-hybridized carbons (Fsp3) is 0.368. The summed E-state index contributed by atoms with van der Waals surface area (Å²) in [6.07, 6.45) is -0.444. The highest BCUT2D eigenvalue weighted by Crippen LogP contribution is 2.54. The van der Waals surface area contributed by atoms with E-state index in [-0.39, 0.29) is 25.4 Å². The van der Waals surface area contributed by atoms with Crippen LogP contribution >= 0.6 is 7.37 Å². The number of fused-ring (bicyclic) bond motifs is 1. The van der Waals surface area contributed by atoms with Gasteiger partial charge in [-0.05, 0) is 29.2 Å². The van der Waals surface area contributed by atoms with Crippen LogP contribution in [0, 0.1) is 5.92 Å². The molecule has 6 nitrogen and oxygen atoms in total. The van der Waals surface area contributed by atoms with E-state index in [1.807, 2.05) is 36.4 Å². The molecule has 3 unspecified atom stereocenters. The Kier molecular flexibility index (Phi) is 6.57. The first-order chi connectivity index (χ1) is 12.2. The lowest BCUT2D eigenvalue weighted by molar-refractivity contribution is -0.143. The second-order valence-electron chi connectivity index (χ2n) is 6.45. The van der Waals surface area contributed by atoms with Gasteiger partial charge in [0, 0.05) is 18.2 Å². The topological polar surface area (TPSA) is 112 Å². The molecule has 26 heavy (non-hydrogen) atoms. The number of rotatable bonds is 9. The van der Waals surface area contributed by atoms with Gasteiger partial charge in [-0.1, -0.05) is 49.4 Å². The molecule has 0 heterocycles. The van der Waals surface area contributed by atoms with Crippen LogP contribution in [-0.2, 0) is 20.3 Å². The van der Waals surface area contributed by atoms with Crippen molar-refractivity contribution in [3.8, 4) is 0 Å². The van der Waals surface area contributed by atoms with Crippen molar-refractivity contribution >= 4 is 30.1 Å². The number of carbonyl (C=O) groups is 2. The van der Waals surface area contributed by atoms with Crippen LogP contribution in [0.15, 0.2) is 42.5 Å². The first kappa shape index (κ1) is 20.1. The van der Waals surface area contributed by atoms with E-state index in [2.05, 4.69) is 0 Å². The minimum atomic E-state index is -3.85. The van der Waals surface area contributed by atoms with Crippen molar-refractivity contribution in [3.05, 3.63) is 48.0 Å². The molecule has 0 aliphatic carbocycles. The van der Waals surface area contributed by atoms with Crippen molar-refractivity contribution < 1.29 is 29.3 Å². The summed E-state index contributed by atoms with van der Waals surface area (Å²) in [5.41, 5.74) is -0.318. The summed E-state index contributed by atoms with van der Waals surface area (Å²) in [5, 5.41) is 20.2. The van der Waals surface area contributed by atoms with Gasteiger partial charge in [-0.3, -0.25) is 14.2 Å². The Labute approximate surface area is 151 Å². The Morgan fingerprint density at radius 2 is 1.73 bits per heavy atom. The van der Waals surface area contributed by atoms with Crippen LogP contribution in [-0.4, -0.2) is 32.7 Å². The molecule has 2 rings (SSSR count). The van der Waals surface area contributed by atoms with E-state index in [9.17, 15) is 24.2 Å². The van der Waals surface area contributed by atoms with E-state index in [0.717, 1.165) is 10.8 Å². The van der Waals surface area contributed by atoms with Gasteiger partial charge in [-0.25, -0.2) is 0 Å². The molecule has 0 amide bonds. The number of aliphatic carboxylic acids is 2. The molecular formula is C19H23O6P. The van der Waals surface area contributed by atoms with Gasteiger partial charge in [0.2, 0.25) is 7.37 Å². The highest BCUT2D eigenvalue weighted by atomic mass is 31.2. The Morgan fingerprint density at radius 1 is 1.08 bits per heavy atom. The molecule has 0 radical (unpaired) electrons. The van der Waals surface area contributed by atoms with E-state index in [1.165, 1.54) is 0 Å². The minimum absolute atomic E-state index is 0.132. The Bertz CT molecular complexity index is 847. The molecule has 0 aliphatic rings. The van der Waals surface area contributed by atoms with Gasteiger partial charge >= 0.3 is 11.9 Å². The predicted octanol–water partition coefficient (Wildman–Crippen LogP) is 3.95. The Hall–Kier alpha value is -2.17. The van der Waals surface area contributed by atoms with Crippen LogP contribution < -0.4 is 0 Å². The molecule has 3 atom stereocenters. The van der Waals surface area contributed by atoms with Gasteiger partial charge in [-0.2, -0.15) is 0 Å². The first-order valence-electron chi connectivity index (χ1n) is 8.48. The molecular weight excluding hydrogens is 355 g/mol. The zero-order valence-corrected chi connectivity index (χ0v) is 15.4. The molecule has 2 aromatic rings. The first-order valence-corrected chi connectivity index (χ1v) is 10.4. The molecule has 0 fully saturated rings. The lowest BCUT2D eigenvalue weighted by atomic mass is 9.97. The molecule has 0 aromatic heterocycles. The molecule has 2 aromatic carbocycles. The van der Waals surface area contributed by atoms with E-state index < -0.39 is 30.9 Å². The minimum Gasteiger partial charge on any atom is -0.481 e. The zero-order chi connectivity index (χ0) is 19.3. The maximum absolute atomic E-state index is 13.0. The van der Waals surface area contributed by atoms with Gasteiger partial charge in [-0.15, -0.1) is 0 Å². The van der Waals surface area contributed by atoms with Crippen molar-refractivity contribution in [3.63, 3.8) is 0 Å². The number of carboxylic acids is 2.